The number of halogens is 1. The first-order valence-corrected chi connectivity index (χ1v) is 17.4. The molecule has 0 unspecified atom stereocenters. The zero-order chi connectivity index (χ0) is 28.2. The van der Waals surface area contributed by atoms with Crippen LogP contribution in [0.15, 0.2) is 18.2 Å². The third-order valence-electron chi connectivity index (χ3n) is 7.17. The van der Waals surface area contributed by atoms with E-state index in [0.717, 1.165) is 29.9 Å². The Hall–Kier alpha value is -1.23. The van der Waals surface area contributed by atoms with Crippen LogP contribution in [0.2, 0.25) is 0 Å². The third kappa shape index (κ3) is 22.2. The van der Waals surface area contributed by atoms with Gasteiger partial charge < -0.3 is 14.2 Å². The molecule has 5 heteroatoms. The SMILES string of the molecule is CCCCCCCCCCCCOc1cc(COC(=O)CCBr)cc(OCCCCCCCCCCCC)c1. The zero-order valence-electron chi connectivity index (χ0n) is 25.4. The zero-order valence-corrected chi connectivity index (χ0v) is 27.0. The number of carbonyl (C=O) groups is 1. The first kappa shape index (κ1) is 35.8. The number of alkyl halides is 1. The number of hydrogen-bond acceptors (Lipinski definition) is 4. The Morgan fingerprint density at radius 1 is 0.590 bits per heavy atom. The molecule has 1 rings (SSSR count). The lowest BCUT2D eigenvalue weighted by Gasteiger charge is -2.13. The average Bonchev–Trinajstić information content (AvgIpc) is 2.93. The molecule has 1 aromatic carbocycles. The summed E-state index contributed by atoms with van der Waals surface area (Å²) in [4.78, 5) is 11.8. The van der Waals surface area contributed by atoms with Crippen LogP contribution in [0.1, 0.15) is 154 Å². The number of benzene rings is 1. The molecule has 226 valence electrons. The van der Waals surface area contributed by atoms with Gasteiger partial charge in [0.15, 0.2) is 0 Å². The van der Waals surface area contributed by atoms with E-state index >= 15 is 0 Å². The lowest BCUT2D eigenvalue weighted by Crippen LogP contribution is -2.06. The van der Waals surface area contributed by atoms with Gasteiger partial charge in [0.2, 0.25) is 0 Å². The Morgan fingerprint density at radius 2 is 0.974 bits per heavy atom. The summed E-state index contributed by atoms with van der Waals surface area (Å²) in [6.07, 6.45) is 26.6. The van der Waals surface area contributed by atoms with Gasteiger partial charge in [0.1, 0.15) is 18.1 Å². The molecule has 0 aliphatic carbocycles. The van der Waals surface area contributed by atoms with Crippen molar-refractivity contribution in [3.63, 3.8) is 0 Å². The molecule has 0 amide bonds. The second-order valence-electron chi connectivity index (χ2n) is 11.0. The monoisotopic (exact) mass is 610 g/mol. The molecule has 0 radical (unpaired) electrons. The highest BCUT2D eigenvalue weighted by Gasteiger charge is 2.08. The Kier molecular flexibility index (Phi) is 24.8. The third-order valence-corrected chi connectivity index (χ3v) is 7.57. The van der Waals surface area contributed by atoms with E-state index < -0.39 is 0 Å². The lowest BCUT2D eigenvalue weighted by molar-refractivity contribution is -0.144. The van der Waals surface area contributed by atoms with Gasteiger partial charge in [-0.1, -0.05) is 145 Å². The molecule has 0 heterocycles. The van der Waals surface area contributed by atoms with E-state index in [-0.39, 0.29) is 12.6 Å². The number of esters is 1. The summed E-state index contributed by atoms with van der Waals surface area (Å²) in [5.41, 5.74) is 0.913. The second-order valence-corrected chi connectivity index (χ2v) is 11.8. The number of rotatable bonds is 28. The molecule has 0 spiro atoms. The van der Waals surface area contributed by atoms with Crippen LogP contribution in [0.5, 0.6) is 11.5 Å². The van der Waals surface area contributed by atoms with E-state index in [4.69, 9.17) is 14.2 Å². The predicted octanol–water partition coefficient (Wildman–Crippen LogP) is 11.1. The normalized spacial score (nSPS) is 11.1. The second kappa shape index (κ2) is 27.0. The highest BCUT2D eigenvalue weighted by atomic mass is 79.9. The first-order chi connectivity index (χ1) is 19.2. The smallest absolute Gasteiger partial charge is 0.306 e. The van der Waals surface area contributed by atoms with E-state index in [1.165, 1.54) is 116 Å². The van der Waals surface area contributed by atoms with Crippen LogP contribution >= 0.6 is 15.9 Å². The maximum absolute atomic E-state index is 11.8. The quantitative estimate of drug-likeness (QED) is 0.0537. The van der Waals surface area contributed by atoms with Crippen molar-refractivity contribution in [2.75, 3.05) is 18.5 Å². The molecule has 0 N–H and O–H groups in total. The van der Waals surface area contributed by atoms with Crippen molar-refractivity contribution in [3.8, 4) is 11.5 Å². The maximum atomic E-state index is 11.8. The van der Waals surface area contributed by atoms with Crippen LogP contribution in [0.4, 0.5) is 0 Å². The van der Waals surface area contributed by atoms with E-state index in [0.29, 0.717) is 25.0 Å². The summed E-state index contributed by atoms with van der Waals surface area (Å²) < 4.78 is 17.6. The predicted molar refractivity (Wildman–Crippen MR) is 169 cm³/mol. The fourth-order valence-electron chi connectivity index (χ4n) is 4.75. The summed E-state index contributed by atoms with van der Waals surface area (Å²) in [7, 11) is 0. The number of unbranched alkanes of at least 4 members (excludes halogenated alkanes) is 18. The van der Waals surface area contributed by atoms with Crippen LogP contribution in [0.25, 0.3) is 0 Å². The molecule has 39 heavy (non-hydrogen) atoms. The summed E-state index contributed by atoms with van der Waals surface area (Å²) in [6.45, 7) is 6.21. The van der Waals surface area contributed by atoms with Crippen LogP contribution in [0.3, 0.4) is 0 Å². The largest absolute Gasteiger partial charge is 0.493 e. The molecule has 0 saturated carbocycles. The molecule has 0 fully saturated rings. The van der Waals surface area contributed by atoms with Gasteiger partial charge in [-0.2, -0.15) is 0 Å². The summed E-state index contributed by atoms with van der Waals surface area (Å²) in [5, 5.41) is 0.612. The average molecular weight is 612 g/mol. The van der Waals surface area contributed by atoms with Gasteiger partial charge in [-0.25, -0.2) is 0 Å². The van der Waals surface area contributed by atoms with Gasteiger partial charge in [-0.05, 0) is 30.5 Å². The standard InChI is InChI=1S/C34H59BrO4/c1-3-5-7-9-11-13-15-17-19-21-25-37-32-27-31(30-39-34(36)23-24-35)28-33(29-32)38-26-22-20-18-16-14-12-10-8-6-4-2/h27-29H,3-26,30H2,1-2H3. The lowest BCUT2D eigenvalue weighted by atomic mass is 10.1. The molecule has 4 nitrogen and oxygen atoms in total. The van der Waals surface area contributed by atoms with Crippen molar-refractivity contribution >= 4 is 21.9 Å². The fraction of sp³-hybridized carbons (Fsp3) is 0.794. The molecule has 1 aromatic rings. The molecule has 0 atom stereocenters. The number of hydrogen-bond donors (Lipinski definition) is 0. The van der Waals surface area contributed by atoms with Crippen LogP contribution in [0, 0.1) is 0 Å². The summed E-state index contributed by atoms with van der Waals surface area (Å²) in [5.74, 6) is 1.41. The molecular formula is C34H59BrO4. The Bertz CT molecular complexity index is 650. The van der Waals surface area contributed by atoms with E-state index in [2.05, 4.69) is 29.8 Å². The van der Waals surface area contributed by atoms with Crippen molar-refractivity contribution in [3.05, 3.63) is 23.8 Å². The van der Waals surface area contributed by atoms with Crippen LogP contribution in [-0.4, -0.2) is 24.5 Å². The molecule has 0 aromatic heterocycles. The molecule has 0 bridgehead atoms. The van der Waals surface area contributed by atoms with Crippen LogP contribution in [-0.2, 0) is 16.1 Å². The van der Waals surface area contributed by atoms with Gasteiger partial charge in [0, 0.05) is 11.4 Å². The van der Waals surface area contributed by atoms with E-state index in [1.807, 2.05) is 18.2 Å². The van der Waals surface area contributed by atoms with E-state index in [1.54, 1.807) is 0 Å². The van der Waals surface area contributed by atoms with Gasteiger partial charge in [0.05, 0.1) is 19.6 Å². The van der Waals surface area contributed by atoms with Crippen molar-refractivity contribution in [1.82, 2.24) is 0 Å². The van der Waals surface area contributed by atoms with E-state index in [9.17, 15) is 4.79 Å². The highest BCUT2D eigenvalue weighted by Crippen LogP contribution is 2.25. The van der Waals surface area contributed by atoms with Crippen molar-refractivity contribution in [1.29, 1.82) is 0 Å². The maximum Gasteiger partial charge on any atom is 0.306 e. The molecule has 0 aliphatic heterocycles. The number of carbonyl (C=O) groups excluding carboxylic acids is 1. The van der Waals surface area contributed by atoms with Gasteiger partial charge in [-0.15, -0.1) is 0 Å². The minimum atomic E-state index is -0.198. The highest BCUT2D eigenvalue weighted by molar-refractivity contribution is 9.09. The molecular weight excluding hydrogens is 552 g/mol. The van der Waals surface area contributed by atoms with Gasteiger partial charge in [-0.3, -0.25) is 4.79 Å². The molecule has 0 saturated heterocycles. The Morgan fingerprint density at radius 3 is 1.36 bits per heavy atom. The summed E-state index contributed by atoms with van der Waals surface area (Å²) >= 11 is 3.29. The number of ether oxygens (including phenoxy) is 3. The Labute approximate surface area is 249 Å². The van der Waals surface area contributed by atoms with Crippen molar-refractivity contribution in [2.45, 2.75) is 155 Å². The first-order valence-electron chi connectivity index (χ1n) is 16.3. The topological polar surface area (TPSA) is 44.8 Å². The summed E-state index contributed by atoms with van der Waals surface area (Å²) in [6, 6.07) is 5.94. The fourth-order valence-corrected chi connectivity index (χ4v) is 5.08. The Balaban J connectivity index is 2.34. The van der Waals surface area contributed by atoms with Crippen LogP contribution < -0.4 is 9.47 Å². The molecule has 0 aliphatic rings. The van der Waals surface area contributed by atoms with Crippen molar-refractivity contribution < 1.29 is 19.0 Å². The van der Waals surface area contributed by atoms with Gasteiger partial charge >= 0.3 is 5.97 Å². The van der Waals surface area contributed by atoms with Gasteiger partial charge in [0.25, 0.3) is 0 Å². The minimum absolute atomic E-state index is 0.198. The minimum Gasteiger partial charge on any atom is -0.493 e. The van der Waals surface area contributed by atoms with Crippen molar-refractivity contribution in [2.24, 2.45) is 0 Å².